The molecular formula is C18H17NO. The van der Waals surface area contributed by atoms with Crippen LogP contribution < -0.4 is 0 Å². The molecule has 3 rings (SSSR count). The molecule has 1 heterocycles. The molecule has 2 aromatic carbocycles. The third-order valence-corrected chi connectivity index (χ3v) is 3.63. The van der Waals surface area contributed by atoms with Gasteiger partial charge >= 0.3 is 0 Å². The van der Waals surface area contributed by atoms with E-state index < -0.39 is 0 Å². The van der Waals surface area contributed by atoms with Crippen molar-refractivity contribution in [2.75, 3.05) is 0 Å². The zero-order chi connectivity index (χ0) is 14.1. The predicted molar refractivity (Wildman–Crippen MR) is 82.6 cm³/mol. The van der Waals surface area contributed by atoms with Crippen molar-refractivity contribution in [3.63, 3.8) is 0 Å². The summed E-state index contributed by atoms with van der Waals surface area (Å²) in [6.45, 7) is 4.21. The molecule has 0 aliphatic rings. The quantitative estimate of drug-likeness (QED) is 0.757. The zero-order valence-corrected chi connectivity index (χ0v) is 11.7. The van der Waals surface area contributed by atoms with Gasteiger partial charge in [0.2, 0.25) is 0 Å². The molecule has 0 aliphatic carbocycles. The van der Waals surface area contributed by atoms with Crippen molar-refractivity contribution in [1.29, 1.82) is 0 Å². The largest absolute Gasteiger partial charge is 0.392 e. The molecule has 0 unspecified atom stereocenters. The van der Waals surface area contributed by atoms with E-state index in [0.717, 1.165) is 27.7 Å². The number of pyridine rings is 1. The van der Waals surface area contributed by atoms with Gasteiger partial charge in [0.1, 0.15) is 0 Å². The second kappa shape index (κ2) is 5.06. The molecule has 1 aromatic heterocycles. The smallest absolute Gasteiger partial charge is 0.0716 e. The topological polar surface area (TPSA) is 33.1 Å². The van der Waals surface area contributed by atoms with Gasteiger partial charge < -0.3 is 5.11 Å². The Kier molecular flexibility index (Phi) is 3.25. The Hall–Kier alpha value is -2.19. The maximum Gasteiger partial charge on any atom is 0.0716 e. The van der Waals surface area contributed by atoms with Crippen LogP contribution in [0.5, 0.6) is 0 Å². The highest BCUT2D eigenvalue weighted by atomic mass is 16.3. The lowest BCUT2D eigenvalue weighted by Gasteiger charge is -2.10. The number of para-hydroxylation sites is 1. The molecule has 0 atom stereocenters. The summed E-state index contributed by atoms with van der Waals surface area (Å²) in [6, 6.07) is 16.3. The highest BCUT2D eigenvalue weighted by molar-refractivity contribution is 5.85. The van der Waals surface area contributed by atoms with Crippen LogP contribution in [0.4, 0.5) is 0 Å². The maximum absolute atomic E-state index is 9.59. The summed E-state index contributed by atoms with van der Waals surface area (Å²) in [5, 5.41) is 10.6. The fourth-order valence-electron chi connectivity index (χ4n) is 2.62. The van der Waals surface area contributed by atoms with E-state index in [1.54, 1.807) is 0 Å². The third kappa shape index (κ3) is 2.19. The van der Waals surface area contributed by atoms with Crippen LogP contribution in [-0.2, 0) is 6.61 Å². The first-order valence-corrected chi connectivity index (χ1v) is 6.76. The summed E-state index contributed by atoms with van der Waals surface area (Å²) in [4.78, 5) is 4.73. The molecule has 1 N–H and O–H groups in total. The SMILES string of the molecule is Cc1ccc(-c2cc(CO)c3ccccc3n2)c(C)c1. The number of hydrogen-bond acceptors (Lipinski definition) is 2. The average molecular weight is 263 g/mol. The number of benzene rings is 2. The van der Waals surface area contributed by atoms with Gasteiger partial charge in [-0.05, 0) is 37.1 Å². The van der Waals surface area contributed by atoms with E-state index in [4.69, 9.17) is 4.98 Å². The molecule has 0 spiro atoms. The molecule has 2 nitrogen and oxygen atoms in total. The third-order valence-electron chi connectivity index (χ3n) is 3.63. The summed E-state index contributed by atoms with van der Waals surface area (Å²) in [6.07, 6.45) is 0. The zero-order valence-electron chi connectivity index (χ0n) is 11.7. The van der Waals surface area contributed by atoms with Gasteiger partial charge in [-0.3, -0.25) is 0 Å². The van der Waals surface area contributed by atoms with Gasteiger partial charge in [-0.15, -0.1) is 0 Å². The number of aromatic nitrogens is 1. The Balaban J connectivity index is 2.26. The van der Waals surface area contributed by atoms with Crippen LogP contribution in [0.25, 0.3) is 22.2 Å². The summed E-state index contributed by atoms with van der Waals surface area (Å²) in [5.74, 6) is 0. The summed E-state index contributed by atoms with van der Waals surface area (Å²) in [5.41, 5.74) is 6.34. The highest BCUT2D eigenvalue weighted by Gasteiger charge is 2.08. The number of rotatable bonds is 2. The van der Waals surface area contributed by atoms with Crippen molar-refractivity contribution in [3.05, 3.63) is 65.2 Å². The van der Waals surface area contributed by atoms with E-state index in [-0.39, 0.29) is 6.61 Å². The minimum Gasteiger partial charge on any atom is -0.392 e. The van der Waals surface area contributed by atoms with Crippen LogP contribution >= 0.6 is 0 Å². The minimum atomic E-state index is 0.0287. The van der Waals surface area contributed by atoms with Crippen molar-refractivity contribution < 1.29 is 5.11 Å². The van der Waals surface area contributed by atoms with E-state index in [2.05, 4.69) is 32.0 Å². The first-order chi connectivity index (χ1) is 9.69. The van der Waals surface area contributed by atoms with Crippen molar-refractivity contribution in [2.45, 2.75) is 20.5 Å². The van der Waals surface area contributed by atoms with E-state index in [9.17, 15) is 5.11 Å². The fourth-order valence-corrected chi connectivity index (χ4v) is 2.62. The lowest BCUT2D eigenvalue weighted by molar-refractivity contribution is 0.283. The second-order valence-electron chi connectivity index (χ2n) is 5.16. The number of aryl methyl sites for hydroxylation is 2. The van der Waals surface area contributed by atoms with Crippen LogP contribution in [0, 0.1) is 13.8 Å². The highest BCUT2D eigenvalue weighted by Crippen LogP contribution is 2.27. The molecule has 0 radical (unpaired) electrons. The number of hydrogen-bond donors (Lipinski definition) is 1. The van der Waals surface area contributed by atoms with Gasteiger partial charge in [-0.25, -0.2) is 4.98 Å². The molecule has 0 amide bonds. The standard InChI is InChI=1S/C18H17NO/c1-12-7-8-15(13(2)9-12)18-10-14(11-20)16-5-3-4-6-17(16)19-18/h3-10,20H,11H2,1-2H3. The number of fused-ring (bicyclic) bond motifs is 1. The van der Waals surface area contributed by atoms with Crippen LogP contribution in [-0.4, -0.2) is 10.1 Å². The van der Waals surface area contributed by atoms with Crippen LogP contribution in [0.3, 0.4) is 0 Å². The van der Waals surface area contributed by atoms with E-state index in [1.165, 1.54) is 11.1 Å². The van der Waals surface area contributed by atoms with Crippen LogP contribution in [0.15, 0.2) is 48.5 Å². The molecule has 0 aliphatic heterocycles. The van der Waals surface area contributed by atoms with Crippen LogP contribution in [0.1, 0.15) is 16.7 Å². The first-order valence-electron chi connectivity index (χ1n) is 6.76. The number of aliphatic hydroxyl groups excluding tert-OH is 1. The average Bonchev–Trinajstić information content (AvgIpc) is 2.46. The van der Waals surface area contributed by atoms with Crippen LogP contribution in [0.2, 0.25) is 0 Å². The van der Waals surface area contributed by atoms with Crippen molar-refractivity contribution in [1.82, 2.24) is 4.98 Å². The molecule has 0 saturated carbocycles. The van der Waals surface area contributed by atoms with Gasteiger partial charge in [-0.2, -0.15) is 0 Å². The Morgan fingerprint density at radius 1 is 1.00 bits per heavy atom. The van der Waals surface area contributed by atoms with Gasteiger partial charge in [-0.1, -0.05) is 42.0 Å². The molecule has 0 bridgehead atoms. The molecule has 3 aromatic rings. The minimum absolute atomic E-state index is 0.0287. The Morgan fingerprint density at radius 3 is 2.55 bits per heavy atom. The number of aliphatic hydroxyl groups is 1. The Bertz CT molecular complexity index is 777. The summed E-state index contributed by atoms with van der Waals surface area (Å²) < 4.78 is 0. The Labute approximate surface area is 118 Å². The van der Waals surface area contributed by atoms with Gasteiger partial charge in [0.25, 0.3) is 0 Å². The van der Waals surface area contributed by atoms with Gasteiger partial charge in [0, 0.05) is 10.9 Å². The van der Waals surface area contributed by atoms with Crippen molar-refractivity contribution in [2.24, 2.45) is 0 Å². The fraction of sp³-hybridized carbons (Fsp3) is 0.167. The van der Waals surface area contributed by atoms with E-state index in [1.807, 2.05) is 30.3 Å². The lowest BCUT2D eigenvalue weighted by Crippen LogP contribution is -1.94. The lowest BCUT2D eigenvalue weighted by atomic mass is 10.00. The number of nitrogens with zero attached hydrogens (tertiary/aromatic N) is 1. The summed E-state index contributed by atoms with van der Waals surface area (Å²) >= 11 is 0. The van der Waals surface area contributed by atoms with Crippen molar-refractivity contribution in [3.8, 4) is 11.3 Å². The second-order valence-corrected chi connectivity index (χ2v) is 5.16. The maximum atomic E-state index is 9.59. The molecular weight excluding hydrogens is 246 g/mol. The van der Waals surface area contributed by atoms with E-state index >= 15 is 0 Å². The Morgan fingerprint density at radius 2 is 1.80 bits per heavy atom. The van der Waals surface area contributed by atoms with Crippen molar-refractivity contribution >= 4 is 10.9 Å². The monoisotopic (exact) mass is 263 g/mol. The molecule has 0 fully saturated rings. The van der Waals surface area contributed by atoms with Gasteiger partial charge in [0.05, 0.1) is 17.8 Å². The molecule has 0 saturated heterocycles. The van der Waals surface area contributed by atoms with E-state index in [0.29, 0.717) is 0 Å². The molecule has 2 heteroatoms. The normalized spacial score (nSPS) is 10.9. The molecule has 100 valence electrons. The van der Waals surface area contributed by atoms with Gasteiger partial charge in [0.15, 0.2) is 0 Å². The molecule has 20 heavy (non-hydrogen) atoms. The summed E-state index contributed by atoms with van der Waals surface area (Å²) in [7, 11) is 0. The first kappa shape index (κ1) is 12.8. The predicted octanol–water partition coefficient (Wildman–Crippen LogP) is 4.01.